The van der Waals surface area contributed by atoms with Crippen LogP contribution in [0.5, 0.6) is 0 Å². The molecule has 19 heavy (non-hydrogen) atoms. The second-order valence-corrected chi connectivity index (χ2v) is 5.65. The third-order valence-corrected chi connectivity index (χ3v) is 2.78. The Kier molecular flexibility index (Phi) is 5.74. The molecule has 0 unspecified atom stereocenters. The number of benzene rings is 1. The van der Waals surface area contributed by atoms with E-state index in [0.717, 1.165) is 11.3 Å². The number of hydrogen-bond donors (Lipinski definition) is 1. The summed E-state index contributed by atoms with van der Waals surface area (Å²) < 4.78 is 0. The molecule has 0 aliphatic carbocycles. The lowest BCUT2D eigenvalue weighted by Gasteiger charge is -2.08. The summed E-state index contributed by atoms with van der Waals surface area (Å²) in [5.41, 5.74) is 1.77. The van der Waals surface area contributed by atoms with E-state index in [1.165, 1.54) is 0 Å². The molecule has 1 amide bonds. The van der Waals surface area contributed by atoms with Gasteiger partial charge in [0.05, 0.1) is 0 Å². The van der Waals surface area contributed by atoms with Gasteiger partial charge < -0.3 is 5.32 Å². The fraction of sp³-hybridized carbons (Fsp3) is 0.500. The summed E-state index contributed by atoms with van der Waals surface area (Å²) in [5.74, 6) is 0.627. The van der Waals surface area contributed by atoms with Gasteiger partial charge in [0.2, 0.25) is 5.91 Å². The Morgan fingerprint density at radius 3 is 2.11 bits per heavy atom. The lowest BCUT2D eigenvalue weighted by molar-refractivity contribution is -0.119. The van der Waals surface area contributed by atoms with Crippen LogP contribution in [0.15, 0.2) is 24.3 Å². The lowest BCUT2D eigenvalue weighted by Crippen LogP contribution is -2.17. The first-order chi connectivity index (χ1) is 8.88. The average molecular weight is 261 g/mol. The molecule has 0 atom stereocenters. The zero-order valence-electron chi connectivity index (χ0n) is 12.2. The monoisotopic (exact) mass is 261 g/mol. The van der Waals surface area contributed by atoms with E-state index >= 15 is 0 Å². The van der Waals surface area contributed by atoms with Crippen molar-refractivity contribution in [2.75, 3.05) is 5.32 Å². The highest BCUT2D eigenvalue weighted by Crippen LogP contribution is 2.13. The van der Waals surface area contributed by atoms with Crippen LogP contribution >= 0.6 is 0 Å². The zero-order valence-corrected chi connectivity index (χ0v) is 12.2. The molecule has 1 rings (SSSR count). The Balaban J connectivity index is 2.57. The molecule has 0 fully saturated rings. The van der Waals surface area contributed by atoms with E-state index in [2.05, 4.69) is 5.32 Å². The van der Waals surface area contributed by atoms with Crippen molar-refractivity contribution >= 4 is 17.4 Å². The lowest BCUT2D eigenvalue weighted by atomic mass is 10.0. The van der Waals surface area contributed by atoms with Gasteiger partial charge in [-0.1, -0.05) is 39.8 Å². The molecule has 0 bridgehead atoms. The summed E-state index contributed by atoms with van der Waals surface area (Å²) >= 11 is 0. The van der Waals surface area contributed by atoms with Crippen molar-refractivity contribution in [1.82, 2.24) is 0 Å². The van der Waals surface area contributed by atoms with Gasteiger partial charge in [0, 0.05) is 24.4 Å². The third-order valence-electron chi connectivity index (χ3n) is 2.78. The molecule has 3 nitrogen and oxygen atoms in total. The minimum Gasteiger partial charge on any atom is -0.326 e. The van der Waals surface area contributed by atoms with Crippen LogP contribution in [0.3, 0.4) is 0 Å². The van der Waals surface area contributed by atoms with Crippen LogP contribution in [-0.2, 0) is 16.0 Å². The SMILES string of the molecule is CC(C)CC(=O)Cc1ccc(NC(=O)C(C)C)cc1. The van der Waals surface area contributed by atoms with Gasteiger partial charge in [0.25, 0.3) is 0 Å². The summed E-state index contributed by atoms with van der Waals surface area (Å²) in [4.78, 5) is 23.2. The Labute approximate surface area is 115 Å². The van der Waals surface area contributed by atoms with Gasteiger partial charge in [-0.15, -0.1) is 0 Å². The predicted molar refractivity (Wildman–Crippen MR) is 78.1 cm³/mol. The van der Waals surface area contributed by atoms with Gasteiger partial charge in [-0.2, -0.15) is 0 Å². The highest BCUT2D eigenvalue weighted by Gasteiger charge is 2.08. The molecule has 0 aromatic heterocycles. The number of carbonyl (C=O) groups is 2. The first-order valence-corrected chi connectivity index (χ1v) is 6.80. The summed E-state index contributed by atoms with van der Waals surface area (Å²) in [7, 11) is 0. The van der Waals surface area contributed by atoms with Gasteiger partial charge >= 0.3 is 0 Å². The summed E-state index contributed by atoms with van der Waals surface area (Å²) in [6, 6.07) is 7.48. The molecule has 0 heterocycles. The summed E-state index contributed by atoms with van der Waals surface area (Å²) in [6.07, 6.45) is 1.09. The van der Waals surface area contributed by atoms with Crippen molar-refractivity contribution in [2.45, 2.75) is 40.5 Å². The molecule has 3 heteroatoms. The van der Waals surface area contributed by atoms with Crippen LogP contribution in [0.4, 0.5) is 5.69 Å². The highest BCUT2D eigenvalue weighted by atomic mass is 16.1. The molecular weight excluding hydrogens is 238 g/mol. The minimum absolute atomic E-state index is 0.00336. The number of anilines is 1. The van der Waals surface area contributed by atoms with Crippen LogP contribution in [-0.4, -0.2) is 11.7 Å². The van der Waals surface area contributed by atoms with Crippen LogP contribution in [0.1, 0.15) is 39.7 Å². The quantitative estimate of drug-likeness (QED) is 0.852. The van der Waals surface area contributed by atoms with E-state index < -0.39 is 0 Å². The Bertz CT molecular complexity index is 433. The Morgan fingerprint density at radius 2 is 1.63 bits per heavy atom. The molecule has 0 spiro atoms. The average Bonchev–Trinajstić information content (AvgIpc) is 2.30. The maximum absolute atomic E-state index is 11.7. The standard InChI is InChI=1S/C16H23NO2/c1-11(2)9-15(18)10-13-5-7-14(8-6-13)17-16(19)12(3)4/h5-8,11-12H,9-10H2,1-4H3,(H,17,19). The molecule has 104 valence electrons. The van der Waals surface area contributed by atoms with Crippen molar-refractivity contribution in [1.29, 1.82) is 0 Å². The van der Waals surface area contributed by atoms with Gasteiger partial charge in [0.15, 0.2) is 0 Å². The van der Waals surface area contributed by atoms with Crippen LogP contribution in [0.25, 0.3) is 0 Å². The van der Waals surface area contributed by atoms with Gasteiger partial charge in [0.1, 0.15) is 5.78 Å². The van der Waals surface area contributed by atoms with E-state index in [1.807, 2.05) is 52.0 Å². The molecule has 0 aliphatic rings. The molecule has 0 radical (unpaired) electrons. The largest absolute Gasteiger partial charge is 0.326 e. The maximum Gasteiger partial charge on any atom is 0.226 e. The zero-order chi connectivity index (χ0) is 14.4. The maximum atomic E-state index is 11.7. The van der Waals surface area contributed by atoms with Crippen molar-refractivity contribution in [3.63, 3.8) is 0 Å². The topological polar surface area (TPSA) is 46.2 Å². The molecular formula is C16H23NO2. The molecule has 1 N–H and O–H groups in total. The van der Waals surface area contributed by atoms with Crippen LogP contribution < -0.4 is 5.32 Å². The molecule has 0 saturated heterocycles. The van der Waals surface area contributed by atoms with E-state index in [1.54, 1.807) is 0 Å². The van der Waals surface area contributed by atoms with Crippen molar-refractivity contribution in [3.05, 3.63) is 29.8 Å². The van der Waals surface area contributed by atoms with Crippen molar-refractivity contribution in [2.24, 2.45) is 11.8 Å². The number of carbonyl (C=O) groups excluding carboxylic acids is 2. The highest BCUT2D eigenvalue weighted by molar-refractivity contribution is 5.92. The molecule has 1 aromatic carbocycles. The third kappa shape index (κ3) is 5.69. The van der Waals surface area contributed by atoms with E-state index in [4.69, 9.17) is 0 Å². The number of nitrogens with one attached hydrogen (secondary N) is 1. The normalized spacial score (nSPS) is 10.8. The number of ketones is 1. The Hall–Kier alpha value is -1.64. The summed E-state index contributed by atoms with van der Waals surface area (Å²) in [6.45, 7) is 7.80. The second kappa shape index (κ2) is 7.07. The second-order valence-electron chi connectivity index (χ2n) is 5.65. The Morgan fingerprint density at radius 1 is 1.05 bits per heavy atom. The smallest absolute Gasteiger partial charge is 0.226 e. The van der Waals surface area contributed by atoms with E-state index in [9.17, 15) is 9.59 Å². The number of hydrogen-bond acceptors (Lipinski definition) is 2. The van der Waals surface area contributed by atoms with Crippen LogP contribution in [0.2, 0.25) is 0 Å². The van der Waals surface area contributed by atoms with E-state index in [-0.39, 0.29) is 17.6 Å². The fourth-order valence-electron chi connectivity index (χ4n) is 1.75. The fourth-order valence-corrected chi connectivity index (χ4v) is 1.75. The first-order valence-electron chi connectivity index (χ1n) is 6.80. The van der Waals surface area contributed by atoms with E-state index in [0.29, 0.717) is 18.8 Å². The molecule has 0 aliphatic heterocycles. The van der Waals surface area contributed by atoms with Gasteiger partial charge in [-0.05, 0) is 23.6 Å². The number of rotatable bonds is 6. The summed E-state index contributed by atoms with van der Waals surface area (Å²) in [5, 5.41) is 2.83. The molecule has 0 saturated carbocycles. The predicted octanol–water partition coefficient (Wildman–Crippen LogP) is 3.44. The van der Waals surface area contributed by atoms with Crippen LogP contribution in [0, 0.1) is 11.8 Å². The molecule has 1 aromatic rings. The number of amides is 1. The number of Topliss-reactive ketones (excluding diaryl/α,β-unsaturated/α-hetero) is 1. The van der Waals surface area contributed by atoms with Gasteiger partial charge in [-0.25, -0.2) is 0 Å². The van der Waals surface area contributed by atoms with Crippen molar-refractivity contribution < 1.29 is 9.59 Å². The minimum atomic E-state index is -0.0349. The van der Waals surface area contributed by atoms with Gasteiger partial charge in [-0.3, -0.25) is 9.59 Å². The first kappa shape index (κ1) is 15.4. The van der Waals surface area contributed by atoms with Crippen molar-refractivity contribution in [3.8, 4) is 0 Å².